The number of hydrogen-bond donors (Lipinski definition) is 1. The first-order valence-corrected chi connectivity index (χ1v) is 5.55. The monoisotopic (exact) mass is 233 g/mol. The zero-order valence-electron chi connectivity index (χ0n) is 9.90. The van der Waals surface area contributed by atoms with Crippen LogP contribution >= 0.6 is 0 Å². The van der Waals surface area contributed by atoms with Gasteiger partial charge in [0.05, 0.1) is 7.11 Å². The van der Waals surface area contributed by atoms with E-state index in [1.165, 1.54) is 7.11 Å². The molecule has 1 N–H and O–H groups in total. The molecular weight excluding hydrogens is 218 g/mol. The molecule has 1 fully saturated rings. The van der Waals surface area contributed by atoms with Crippen LogP contribution in [0.2, 0.25) is 0 Å². The van der Waals surface area contributed by atoms with Crippen molar-refractivity contribution in [1.82, 2.24) is 5.32 Å². The fourth-order valence-corrected chi connectivity index (χ4v) is 2.23. The van der Waals surface area contributed by atoms with Gasteiger partial charge in [0.15, 0.2) is 0 Å². The van der Waals surface area contributed by atoms with Gasteiger partial charge in [-0.3, -0.25) is 9.59 Å². The Labute approximate surface area is 100.0 Å². The van der Waals surface area contributed by atoms with Crippen molar-refractivity contribution in [1.29, 1.82) is 0 Å². The van der Waals surface area contributed by atoms with E-state index >= 15 is 0 Å². The molecule has 1 saturated heterocycles. The molecule has 0 bridgehead atoms. The third-order valence-corrected chi connectivity index (χ3v) is 3.11. The highest BCUT2D eigenvalue weighted by Crippen LogP contribution is 2.30. The van der Waals surface area contributed by atoms with E-state index in [2.05, 4.69) is 10.1 Å². The highest BCUT2D eigenvalue weighted by Gasteiger charge is 2.41. The van der Waals surface area contributed by atoms with Crippen LogP contribution < -0.4 is 5.32 Å². The molecule has 2 unspecified atom stereocenters. The van der Waals surface area contributed by atoms with Gasteiger partial charge in [-0.15, -0.1) is 0 Å². The van der Waals surface area contributed by atoms with E-state index in [1.807, 2.05) is 31.2 Å². The summed E-state index contributed by atoms with van der Waals surface area (Å²) in [5, 5.41) is 2.71. The van der Waals surface area contributed by atoms with Crippen LogP contribution in [-0.2, 0) is 14.3 Å². The van der Waals surface area contributed by atoms with Gasteiger partial charge in [0.1, 0.15) is 5.92 Å². The number of carbonyl (C=O) groups excluding carboxylic acids is 2. The Hall–Kier alpha value is -1.84. The quantitative estimate of drug-likeness (QED) is 0.612. The molecule has 1 aliphatic rings. The van der Waals surface area contributed by atoms with E-state index in [0.29, 0.717) is 6.54 Å². The number of carbonyl (C=O) groups is 2. The van der Waals surface area contributed by atoms with Crippen LogP contribution in [0.15, 0.2) is 24.3 Å². The summed E-state index contributed by atoms with van der Waals surface area (Å²) in [5.74, 6) is -1.56. The topological polar surface area (TPSA) is 55.4 Å². The van der Waals surface area contributed by atoms with E-state index < -0.39 is 11.9 Å². The summed E-state index contributed by atoms with van der Waals surface area (Å²) < 4.78 is 4.69. The van der Waals surface area contributed by atoms with Gasteiger partial charge in [0.25, 0.3) is 0 Å². The van der Waals surface area contributed by atoms with Gasteiger partial charge in [-0.25, -0.2) is 0 Å². The Bertz CT molecular complexity index is 456. The van der Waals surface area contributed by atoms with Crippen molar-refractivity contribution in [3.63, 3.8) is 0 Å². The SMILES string of the molecule is COC(=O)C1C(=O)NCC1c1cccc(C)c1. The number of amides is 1. The Morgan fingerprint density at radius 3 is 2.88 bits per heavy atom. The number of nitrogens with one attached hydrogen (secondary N) is 1. The third kappa shape index (κ3) is 2.16. The molecule has 0 spiro atoms. The molecule has 17 heavy (non-hydrogen) atoms. The van der Waals surface area contributed by atoms with Crippen molar-refractivity contribution in [2.45, 2.75) is 12.8 Å². The number of benzene rings is 1. The molecule has 0 aromatic heterocycles. The molecule has 0 saturated carbocycles. The predicted molar refractivity (Wildman–Crippen MR) is 62.4 cm³/mol. The summed E-state index contributed by atoms with van der Waals surface area (Å²) in [5.41, 5.74) is 2.12. The van der Waals surface area contributed by atoms with Crippen LogP contribution in [0.3, 0.4) is 0 Å². The second kappa shape index (κ2) is 4.57. The lowest BCUT2D eigenvalue weighted by molar-refractivity contribution is -0.149. The number of methoxy groups -OCH3 is 1. The molecule has 4 nitrogen and oxygen atoms in total. The van der Waals surface area contributed by atoms with Crippen LogP contribution in [0.5, 0.6) is 0 Å². The molecule has 0 aliphatic carbocycles. The van der Waals surface area contributed by atoms with E-state index in [1.54, 1.807) is 0 Å². The summed E-state index contributed by atoms with van der Waals surface area (Å²) in [6.45, 7) is 2.48. The maximum absolute atomic E-state index is 11.6. The Balaban J connectivity index is 2.31. The summed E-state index contributed by atoms with van der Waals surface area (Å²) in [6.07, 6.45) is 0. The number of aryl methyl sites for hydroxylation is 1. The van der Waals surface area contributed by atoms with Crippen LogP contribution in [-0.4, -0.2) is 25.5 Å². The van der Waals surface area contributed by atoms with E-state index in [9.17, 15) is 9.59 Å². The van der Waals surface area contributed by atoms with Gasteiger partial charge in [0.2, 0.25) is 5.91 Å². The van der Waals surface area contributed by atoms with E-state index in [-0.39, 0.29) is 11.8 Å². The normalized spacial score (nSPS) is 23.3. The Morgan fingerprint density at radius 1 is 1.47 bits per heavy atom. The lowest BCUT2D eigenvalue weighted by Crippen LogP contribution is -2.28. The molecule has 90 valence electrons. The number of rotatable bonds is 2. The van der Waals surface area contributed by atoms with Crippen molar-refractivity contribution in [2.75, 3.05) is 13.7 Å². The van der Waals surface area contributed by atoms with Crippen molar-refractivity contribution in [2.24, 2.45) is 5.92 Å². The number of hydrogen-bond acceptors (Lipinski definition) is 3. The van der Waals surface area contributed by atoms with E-state index in [4.69, 9.17) is 0 Å². The molecule has 1 heterocycles. The minimum atomic E-state index is -0.721. The highest BCUT2D eigenvalue weighted by molar-refractivity contribution is 6.00. The zero-order valence-corrected chi connectivity index (χ0v) is 9.90. The maximum atomic E-state index is 11.6. The van der Waals surface area contributed by atoms with Crippen molar-refractivity contribution < 1.29 is 14.3 Å². The van der Waals surface area contributed by atoms with Crippen molar-refractivity contribution in [3.8, 4) is 0 Å². The molecule has 2 rings (SSSR count). The minimum absolute atomic E-state index is 0.130. The van der Waals surface area contributed by atoms with Gasteiger partial charge >= 0.3 is 5.97 Å². The molecule has 1 amide bonds. The summed E-state index contributed by atoms with van der Waals surface area (Å²) in [7, 11) is 1.31. The number of ether oxygens (including phenoxy) is 1. The van der Waals surface area contributed by atoms with Crippen molar-refractivity contribution >= 4 is 11.9 Å². The van der Waals surface area contributed by atoms with Crippen LogP contribution in [0.25, 0.3) is 0 Å². The molecule has 1 aromatic carbocycles. The first-order valence-electron chi connectivity index (χ1n) is 5.55. The zero-order chi connectivity index (χ0) is 12.4. The Morgan fingerprint density at radius 2 is 2.24 bits per heavy atom. The average molecular weight is 233 g/mol. The standard InChI is InChI=1S/C13H15NO3/c1-8-4-3-5-9(6-8)10-7-14-12(15)11(10)13(16)17-2/h3-6,10-11H,7H2,1-2H3,(H,14,15). The molecule has 0 radical (unpaired) electrons. The van der Waals surface area contributed by atoms with Gasteiger partial charge in [-0.1, -0.05) is 29.8 Å². The van der Waals surface area contributed by atoms with Crippen LogP contribution in [0, 0.1) is 12.8 Å². The third-order valence-electron chi connectivity index (χ3n) is 3.11. The first kappa shape index (κ1) is 11.6. The minimum Gasteiger partial charge on any atom is -0.468 e. The first-order chi connectivity index (χ1) is 8.13. The summed E-state index contributed by atoms with van der Waals surface area (Å²) >= 11 is 0. The largest absolute Gasteiger partial charge is 0.468 e. The van der Waals surface area contributed by atoms with Crippen LogP contribution in [0.4, 0.5) is 0 Å². The molecular formula is C13H15NO3. The maximum Gasteiger partial charge on any atom is 0.318 e. The van der Waals surface area contributed by atoms with Gasteiger partial charge in [-0.2, -0.15) is 0 Å². The van der Waals surface area contributed by atoms with Gasteiger partial charge < -0.3 is 10.1 Å². The number of esters is 1. The lowest BCUT2D eigenvalue weighted by Gasteiger charge is -2.15. The van der Waals surface area contributed by atoms with Gasteiger partial charge in [0, 0.05) is 12.5 Å². The Kier molecular flexibility index (Phi) is 3.13. The van der Waals surface area contributed by atoms with Gasteiger partial charge in [-0.05, 0) is 12.5 Å². The summed E-state index contributed by atoms with van der Waals surface area (Å²) in [4.78, 5) is 23.2. The van der Waals surface area contributed by atoms with E-state index in [0.717, 1.165) is 11.1 Å². The molecule has 4 heteroatoms. The average Bonchev–Trinajstić information content (AvgIpc) is 2.70. The fourth-order valence-electron chi connectivity index (χ4n) is 2.23. The predicted octanol–water partition coefficient (Wildman–Crippen LogP) is 0.998. The highest BCUT2D eigenvalue weighted by atomic mass is 16.5. The molecule has 2 atom stereocenters. The lowest BCUT2D eigenvalue weighted by atomic mass is 9.88. The summed E-state index contributed by atoms with van der Waals surface area (Å²) in [6, 6.07) is 7.86. The second-order valence-corrected chi connectivity index (χ2v) is 4.27. The fraction of sp³-hybridized carbons (Fsp3) is 0.385. The van der Waals surface area contributed by atoms with Crippen LogP contribution in [0.1, 0.15) is 17.0 Å². The molecule has 1 aliphatic heterocycles. The van der Waals surface area contributed by atoms with Crippen molar-refractivity contribution in [3.05, 3.63) is 35.4 Å². The smallest absolute Gasteiger partial charge is 0.318 e. The second-order valence-electron chi connectivity index (χ2n) is 4.27. The molecule has 1 aromatic rings.